The van der Waals surface area contributed by atoms with Gasteiger partial charge in [-0.25, -0.2) is 4.39 Å². The highest BCUT2D eigenvalue weighted by atomic mass is 19.3. The Hall–Kier alpha value is -3.23. The Balaban J connectivity index is 1.50. The predicted molar refractivity (Wildman–Crippen MR) is 110 cm³/mol. The van der Waals surface area contributed by atoms with E-state index in [1.807, 2.05) is 0 Å². The lowest BCUT2D eigenvalue weighted by atomic mass is 10.1. The highest BCUT2D eigenvalue weighted by molar-refractivity contribution is 6.00. The van der Waals surface area contributed by atoms with Crippen LogP contribution in [0, 0.1) is 11.7 Å². The minimum atomic E-state index is -2.98. The Morgan fingerprint density at radius 3 is 2.59 bits per heavy atom. The number of methoxy groups -OCH3 is 1. The average Bonchev–Trinajstić information content (AvgIpc) is 3.54. The molecule has 2 fully saturated rings. The van der Waals surface area contributed by atoms with E-state index >= 15 is 0 Å². The summed E-state index contributed by atoms with van der Waals surface area (Å²) in [6.07, 6.45) is 1.72. The summed E-state index contributed by atoms with van der Waals surface area (Å²) in [5.74, 6) is -1.49. The van der Waals surface area contributed by atoms with Crippen LogP contribution in [0.5, 0.6) is 11.5 Å². The third-order valence-corrected chi connectivity index (χ3v) is 5.69. The number of hydrogen-bond acceptors (Lipinski definition) is 4. The first-order valence-electron chi connectivity index (χ1n) is 10.3. The van der Waals surface area contributed by atoms with Gasteiger partial charge >= 0.3 is 6.61 Å². The van der Waals surface area contributed by atoms with Gasteiger partial charge < -0.3 is 19.3 Å². The number of rotatable bonds is 8. The maximum Gasteiger partial charge on any atom is 0.387 e. The number of benzene rings is 2. The minimum Gasteiger partial charge on any atom is -0.493 e. The second-order valence-electron chi connectivity index (χ2n) is 7.92. The zero-order chi connectivity index (χ0) is 22.8. The topological polar surface area (TPSA) is 59.1 Å². The van der Waals surface area contributed by atoms with Crippen LogP contribution in [0.15, 0.2) is 42.5 Å². The Bertz CT molecular complexity index is 1010. The molecule has 2 aliphatic rings. The van der Waals surface area contributed by atoms with Crippen molar-refractivity contribution in [2.45, 2.75) is 38.5 Å². The van der Waals surface area contributed by atoms with Crippen LogP contribution in [0.4, 0.5) is 18.9 Å². The average molecular weight is 448 g/mol. The zero-order valence-electron chi connectivity index (χ0n) is 17.5. The number of anilines is 1. The van der Waals surface area contributed by atoms with Gasteiger partial charge in [0, 0.05) is 25.6 Å². The van der Waals surface area contributed by atoms with Crippen molar-refractivity contribution >= 4 is 17.5 Å². The van der Waals surface area contributed by atoms with Gasteiger partial charge in [0.1, 0.15) is 5.82 Å². The van der Waals surface area contributed by atoms with Gasteiger partial charge in [-0.2, -0.15) is 8.78 Å². The van der Waals surface area contributed by atoms with E-state index < -0.39 is 18.3 Å². The van der Waals surface area contributed by atoms with Crippen LogP contribution in [0.25, 0.3) is 0 Å². The summed E-state index contributed by atoms with van der Waals surface area (Å²) in [6.45, 7) is -2.61. The van der Waals surface area contributed by atoms with Crippen molar-refractivity contribution in [1.82, 2.24) is 4.90 Å². The maximum absolute atomic E-state index is 14.2. The summed E-state index contributed by atoms with van der Waals surface area (Å²) < 4.78 is 48.9. The van der Waals surface area contributed by atoms with Crippen molar-refractivity contribution < 1.29 is 32.2 Å². The summed E-state index contributed by atoms with van der Waals surface area (Å²) in [5, 5.41) is 0. The van der Waals surface area contributed by atoms with Gasteiger partial charge in [0.05, 0.1) is 18.7 Å². The smallest absolute Gasteiger partial charge is 0.387 e. The van der Waals surface area contributed by atoms with Crippen molar-refractivity contribution in [1.29, 1.82) is 0 Å². The first-order chi connectivity index (χ1) is 15.4. The van der Waals surface area contributed by atoms with E-state index in [9.17, 15) is 22.8 Å². The summed E-state index contributed by atoms with van der Waals surface area (Å²) >= 11 is 0. The third-order valence-electron chi connectivity index (χ3n) is 5.69. The minimum absolute atomic E-state index is 0.0148. The fourth-order valence-corrected chi connectivity index (χ4v) is 3.98. The van der Waals surface area contributed by atoms with Crippen molar-refractivity contribution in [3.63, 3.8) is 0 Å². The van der Waals surface area contributed by atoms with Gasteiger partial charge in [0.2, 0.25) is 11.8 Å². The molecule has 0 N–H and O–H groups in total. The molecular weight excluding hydrogens is 425 g/mol. The van der Waals surface area contributed by atoms with Gasteiger partial charge in [-0.1, -0.05) is 18.2 Å². The molecule has 0 bridgehead atoms. The standard InChI is InChI=1S/C23H23F3N2O4/c1-31-20-10-14(6-9-19(20)32-23(25)26)12-27(16-7-8-16)22(30)15-11-21(29)28(13-15)18-5-3-2-4-17(18)24/h2-6,9-10,15-16,23H,7-8,11-13H2,1H3. The predicted octanol–water partition coefficient (Wildman–Crippen LogP) is 3.98. The van der Waals surface area contributed by atoms with Crippen LogP contribution in [-0.4, -0.2) is 43.0 Å². The van der Waals surface area contributed by atoms with Crippen molar-refractivity contribution in [2.24, 2.45) is 5.92 Å². The molecular formula is C23H23F3N2O4. The largest absolute Gasteiger partial charge is 0.493 e. The molecule has 1 saturated heterocycles. The van der Waals surface area contributed by atoms with Gasteiger partial charge in [0.25, 0.3) is 0 Å². The van der Waals surface area contributed by atoms with Crippen LogP contribution in [-0.2, 0) is 16.1 Å². The number of hydrogen-bond donors (Lipinski definition) is 0. The number of ether oxygens (including phenoxy) is 2. The first-order valence-corrected chi connectivity index (χ1v) is 10.3. The zero-order valence-corrected chi connectivity index (χ0v) is 17.5. The molecule has 6 nitrogen and oxygen atoms in total. The Kier molecular flexibility index (Phi) is 6.25. The quantitative estimate of drug-likeness (QED) is 0.613. The number of nitrogens with zero attached hydrogens (tertiary/aromatic N) is 2. The molecule has 1 saturated carbocycles. The molecule has 1 aliphatic heterocycles. The summed E-state index contributed by atoms with van der Waals surface area (Å²) in [4.78, 5) is 28.9. The molecule has 2 aromatic carbocycles. The third kappa shape index (κ3) is 4.66. The van der Waals surface area contributed by atoms with Crippen molar-refractivity contribution in [2.75, 3.05) is 18.6 Å². The van der Waals surface area contributed by atoms with Crippen LogP contribution >= 0.6 is 0 Å². The van der Waals surface area contributed by atoms with Crippen LogP contribution < -0.4 is 14.4 Å². The summed E-state index contributed by atoms with van der Waals surface area (Å²) in [6, 6.07) is 10.6. The molecule has 9 heteroatoms. The lowest BCUT2D eigenvalue weighted by Gasteiger charge is -2.26. The fourth-order valence-electron chi connectivity index (χ4n) is 3.98. The molecule has 4 rings (SSSR count). The lowest BCUT2D eigenvalue weighted by Crippen LogP contribution is -2.38. The number of carbonyl (C=O) groups excluding carboxylic acids is 2. The molecule has 1 aliphatic carbocycles. The highest BCUT2D eigenvalue weighted by Crippen LogP contribution is 2.35. The second kappa shape index (κ2) is 9.10. The SMILES string of the molecule is COc1cc(CN(C(=O)C2CC(=O)N(c3ccccc3F)C2)C2CC2)ccc1OC(F)F. The normalized spacial score (nSPS) is 18.2. The molecule has 32 heavy (non-hydrogen) atoms. The van der Waals surface area contributed by atoms with E-state index in [1.54, 1.807) is 29.2 Å². The van der Waals surface area contributed by atoms with E-state index in [0.29, 0.717) is 5.56 Å². The molecule has 2 aromatic rings. The number of para-hydroxylation sites is 1. The van der Waals surface area contributed by atoms with Gasteiger partial charge in [-0.15, -0.1) is 0 Å². The Morgan fingerprint density at radius 2 is 1.94 bits per heavy atom. The molecule has 170 valence electrons. The van der Waals surface area contributed by atoms with Crippen LogP contribution in [0.2, 0.25) is 0 Å². The van der Waals surface area contributed by atoms with E-state index in [-0.39, 0.29) is 54.6 Å². The van der Waals surface area contributed by atoms with E-state index in [4.69, 9.17) is 4.74 Å². The molecule has 0 spiro atoms. The molecule has 0 aromatic heterocycles. The monoisotopic (exact) mass is 448 g/mol. The summed E-state index contributed by atoms with van der Waals surface area (Å²) in [5.41, 5.74) is 0.865. The first kappa shape index (κ1) is 22.0. The maximum atomic E-state index is 14.2. The number of amides is 2. The van der Waals surface area contributed by atoms with E-state index in [0.717, 1.165) is 12.8 Å². The van der Waals surface area contributed by atoms with Gasteiger partial charge in [0.15, 0.2) is 11.5 Å². The Labute approximate surface area is 183 Å². The van der Waals surface area contributed by atoms with Gasteiger partial charge in [-0.3, -0.25) is 9.59 Å². The number of carbonyl (C=O) groups is 2. The molecule has 2 amide bonds. The van der Waals surface area contributed by atoms with Crippen molar-refractivity contribution in [3.8, 4) is 11.5 Å². The fraction of sp³-hybridized carbons (Fsp3) is 0.391. The van der Waals surface area contributed by atoms with Gasteiger partial charge in [-0.05, 0) is 42.7 Å². The molecule has 1 unspecified atom stereocenters. The molecule has 1 atom stereocenters. The summed E-state index contributed by atoms with van der Waals surface area (Å²) in [7, 11) is 1.35. The second-order valence-corrected chi connectivity index (χ2v) is 7.92. The number of halogens is 3. The van der Waals surface area contributed by atoms with E-state index in [2.05, 4.69) is 4.74 Å². The number of alkyl halides is 2. The van der Waals surface area contributed by atoms with Crippen LogP contribution in [0.1, 0.15) is 24.8 Å². The molecule has 1 heterocycles. The Morgan fingerprint density at radius 1 is 1.19 bits per heavy atom. The van der Waals surface area contributed by atoms with Crippen LogP contribution in [0.3, 0.4) is 0 Å². The van der Waals surface area contributed by atoms with Crippen molar-refractivity contribution in [3.05, 3.63) is 53.8 Å². The lowest BCUT2D eigenvalue weighted by molar-refractivity contribution is -0.137. The van der Waals surface area contributed by atoms with E-state index in [1.165, 1.54) is 30.2 Å². The highest BCUT2D eigenvalue weighted by Gasteiger charge is 2.42. The molecule has 0 radical (unpaired) electrons.